The van der Waals surface area contributed by atoms with Crippen molar-refractivity contribution in [1.82, 2.24) is 10.2 Å². The number of carbonyl (C=O) groups is 1. The molecule has 0 aliphatic heterocycles. The van der Waals surface area contributed by atoms with Crippen LogP contribution in [0.15, 0.2) is 90.0 Å². The van der Waals surface area contributed by atoms with Gasteiger partial charge in [-0.25, -0.2) is 0 Å². The number of rotatable bonds is 8. The molecule has 0 atom stereocenters. The van der Waals surface area contributed by atoms with Gasteiger partial charge in [0.2, 0.25) is 5.91 Å². The van der Waals surface area contributed by atoms with E-state index in [9.17, 15) is 4.79 Å². The molecule has 6 nitrogen and oxygen atoms in total. The SMILES string of the molecule is COc1ccc(OC)c(NC(=O)CSc2ccc(-c3ccc(-c4ccccc4)cc3)nn2)c1. The number of ether oxygens (including phenoxy) is 2. The zero-order chi connectivity index (χ0) is 23.0. The summed E-state index contributed by atoms with van der Waals surface area (Å²) in [6.07, 6.45) is 0. The van der Waals surface area contributed by atoms with Gasteiger partial charge in [0, 0.05) is 11.6 Å². The number of nitrogens with one attached hydrogen (secondary N) is 1. The van der Waals surface area contributed by atoms with Crippen LogP contribution in [0, 0.1) is 0 Å². The fraction of sp³-hybridized carbons (Fsp3) is 0.115. The number of carbonyl (C=O) groups excluding carboxylic acids is 1. The Hall–Kier alpha value is -3.84. The summed E-state index contributed by atoms with van der Waals surface area (Å²) in [5.41, 5.74) is 4.65. The first kappa shape index (κ1) is 22.4. The van der Waals surface area contributed by atoms with Crippen LogP contribution in [-0.2, 0) is 4.79 Å². The van der Waals surface area contributed by atoms with E-state index >= 15 is 0 Å². The van der Waals surface area contributed by atoms with E-state index in [4.69, 9.17) is 9.47 Å². The van der Waals surface area contributed by atoms with Crippen LogP contribution in [0.25, 0.3) is 22.4 Å². The van der Waals surface area contributed by atoms with Gasteiger partial charge in [-0.1, -0.05) is 66.4 Å². The lowest BCUT2D eigenvalue weighted by molar-refractivity contribution is -0.113. The molecule has 4 rings (SSSR count). The molecule has 0 spiro atoms. The molecule has 4 aromatic rings. The summed E-state index contributed by atoms with van der Waals surface area (Å²) in [6.45, 7) is 0. The fourth-order valence-electron chi connectivity index (χ4n) is 3.25. The second kappa shape index (κ2) is 10.7. The third-order valence-corrected chi connectivity index (χ3v) is 5.88. The highest BCUT2D eigenvalue weighted by Gasteiger charge is 2.11. The molecule has 0 radical (unpaired) electrons. The molecular weight excluding hydrogens is 434 g/mol. The topological polar surface area (TPSA) is 73.3 Å². The molecule has 0 aliphatic rings. The van der Waals surface area contributed by atoms with E-state index in [0.717, 1.165) is 16.8 Å². The van der Waals surface area contributed by atoms with Crippen LogP contribution >= 0.6 is 11.8 Å². The largest absolute Gasteiger partial charge is 0.497 e. The zero-order valence-corrected chi connectivity index (χ0v) is 19.1. The van der Waals surface area contributed by atoms with Gasteiger partial charge < -0.3 is 14.8 Å². The highest BCUT2D eigenvalue weighted by molar-refractivity contribution is 7.99. The van der Waals surface area contributed by atoms with E-state index in [2.05, 4.69) is 39.8 Å². The Balaban J connectivity index is 1.36. The van der Waals surface area contributed by atoms with Crippen LogP contribution in [-0.4, -0.2) is 36.1 Å². The maximum Gasteiger partial charge on any atom is 0.234 e. The van der Waals surface area contributed by atoms with E-state index in [1.54, 1.807) is 32.4 Å². The molecular formula is C26H23N3O3S. The highest BCUT2D eigenvalue weighted by atomic mass is 32.2. The minimum atomic E-state index is -0.172. The van der Waals surface area contributed by atoms with Gasteiger partial charge in [0.15, 0.2) is 0 Å². The number of benzene rings is 3. The molecule has 166 valence electrons. The fourth-order valence-corrected chi connectivity index (χ4v) is 3.87. The number of hydrogen-bond donors (Lipinski definition) is 1. The van der Waals surface area contributed by atoms with E-state index in [0.29, 0.717) is 22.2 Å². The molecule has 1 aromatic heterocycles. The van der Waals surface area contributed by atoms with E-state index in [1.807, 2.05) is 42.5 Å². The Morgan fingerprint density at radius 3 is 2.21 bits per heavy atom. The second-order valence-electron chi connectivity index (χ2n) is 7.10. The lowest BCUT2D eigenvalue weighted by Crippen LogP contribution is -2.15. The molecule has 0 saturated heterocycles. The summed E-state index contributed by atoms with van der Waals surface area (Å²) >= 11 is 1.32. The normalized spacial score (nSPS) is 10.5. The molecule has 1 heterocycles. The van der Waals surface area contributed by atoms with Gasteiger partial charge in [-0.05, 0) is 35.4 Å². The number of nitrogens with zero attached hydrogens (tertiary/aromatic N) is 2. The molecule has 1 amide bonds. The van der Waals surface area contributed by atoms with Crippen molar-refractivity contribution in [2.75, 3.05) is 25.3 Å². The number of hydrogen-bond acceptors (Lipinski definition) is 6. The molecule has 7 heteroatoms. The Bertz CT molecular complexity index is 1210. The Labute approximate surface area is 197 Å². The first-order valence-electron chi connectivity index (χ1n) is 10.3. The van der Waals surface area contributed by atoms with Crippen molar-refractivity contribution in [3.8, 4) is 33.9 Å². The average Bonchev–Trinajstić information content (AvgIpc) is 2.88. The summed E-state index contributed by atoms with van der Waals surface area (Å²) in [6, 6.07) is 27.5. The third-order valence-electron chi connectivity index (χ3n) is 4.96. The minimum absolute atomic E-state index is 0.172. The average molecular weight is 458 g/mol. The Morgan fingerprint density at radius 2 is 1.55 bits per heavy atom. The van der Waals surface area contributed by atoms with Crippen molar-refractivity contribution < 1.29 is 14.3 Å². The summed E-state index contributed by atoms with van der Waals surface area (Å²) in [5.74, 6) is 1.22. The lowest BCUT2D eigenvalue weighted by atomic mass is 10.0. The predicted molar refractivity (Wildman–Crippen MR) is 132 cm³/mol. The minimum Gasteiger partial charge on any atom is -0.497 e. The van der Waals surface area contributed by atoms with Crippen molar-refractivity contribution >= 4 is 23.4 Å². The van der Waals surface area contributed by atoms with Crippen molar-refractivity contribution in [3.63, 3.8) is 0 Å². The number of aromatic nitrogens is 2. The van der Waals surface area contributed by atoms with Gasteiger partial charge in [0.1, 0.15) is 16.5 Å². The van der Waals surface area contributed by atoms with Crippen molar-refractivity contribution in [3.05, 3.63) is 84.9 Å². The molecule has 0 bridgehead atoms. The number of thioether (sulfide) groups is 1. The van der Waals surface area contributed by atoms with E-state index in [1.165, 1.54) is 17.3 Å². The van der Waals surface area contributed by atoms with E-state index < -0.39 is 0 Å². The quantitative estimate of drug-likeness (QED) is 0.349. The third kappa shape index (κ3) is 5.70. The molecule has 1 N–H and O–H groups in total. The predicted octanol–water partition coefficient (Wildman–Crippen LogP) is 5.56. The van der Waals surface area contributed by atoms with Crippen molar-refractivity contribution in [2.24, 2.45) is 0 Å². The first-order valence-corrected chi connectivity index (χ1v) is 11.3. The number of amides is 1. The molecule has 0 fully saturated rings. The Kier molecular flexibility index (Phi) is 7.22. The second-order valence-corrected chi connectivity index (χ2v) is 8.10. The van der Waals surface area contributed by atoms with Gasteiger partial charge in [0.25, 0.3) is 0 Å². The maximum absolute atomic E-state index is 12.4. The summed E-state index contributed by atoms with van der Waals surface area (Å²) < 4.78 is 10.5. The van der Waals surface area contributed by atoms with Crippen LogP contribution in [0.4, 0.5) is 5.69 Å². The molecule has 33 heavy (non-hydrogen) atoms. The van der Waals surface area contributed by atoms with Gasteiger partial charge in [0.05, 0.1) is 31.4 Å². The maximum atomic E-state index is 12.4. The van der Waals surface area contributed by atoms with Crippen LogP contribution in [0.1, 0.15) is 0 Å². The van der Waals surface area contributed by atoms with Gasteiger partial charge >= 0.3 is 0 Å². The van der Waals surface area contributed by atoms with Crippen LogP contribution < -0.4 is 14.8 Å². The number of methoxy groups -OCH3 is 2. The number of anilines is 1. The standard InChI is InChI=1S/C26H23N3O3S/c1-31-21-12-14-24(32-2)23(16-21)27-25(30)17-33-26-15-13-22(28-29-26)20-10-8-19(9-11-20)18-6-4-3-5-7-18/h3-16H,17H2,1-2H3,(H,27,30). The molecule has 0 saturated carbocycles. The summed E-state index contributed by atoms with van der Waals surface area (Å²) in [5, 5.41) is 12.1. The Morgan fingerprint density at radius 1 is 0.818 bits per heavy atom. The summed E-state index contributed by atoms with van der Waals surface area (Å²) in [7, 11) is 3.13. The van der Waals surface area contributed by atoms with Crippen molar-refractivity contribution in [2.45, 2.75) is 5.03 Å². The monoisotopic (exact) mass is 457 g/mol. The summed E-state index contributed by atoms with van der Waals surface area (Å²) in [4.78, 5) is 12.4. The molecule has 0 aliphatic carbocycles. The van der Waals surface area contributed by atoms with Gasteiger partial charge in [-0.2, -0.15) is 0 Å². The van der Waals surface area contributed by atoms with Crippen LogP contribution in [0.5, 0.6) is 11.5 Å². The van der Waals surface area contributed by atoms with Crippen LogP contribution in [0.2, 0.25) is 0 Å². The van der Waals surface area contributed by atoms with Crippen molar-refractivity contribution in [1.29, 1.82) is 0 Å². The first-order chi connectivity index (χ1) is 16.2. The molecule has 3 aromatic carbocycles. The van der Waals surface area contributed by atoms with Gasteiger partial charge in [-0.15, -0.1) is 10.2 Å². The zero-order valence-electron chi connectivity index (χ0n) is 18.3. The van der Waals surface area contributed by atoms with Gasteiger partial charge in [-0.3, -0.25) is 4.79 Å². The highest BCUT2D eigenvalue weighted by Crippen LogP contribution is 2.29. The molecule has 0 unspecified atom stereocenters. The van der Waals surface area contributed by atoms with E-state index in [-0.39, 0.29) is 11.7 Å². The van der Waals surface area contributed by atoms with Crippen LogP contribution in [0.3, 0.4) is 0 Å². The smallest absolute Gasteiger partial charge is 0.234 e. The lowest BCUT2D eigenvalue weighted by Gasteiger charge is -2.11.